The SMILES string of the molecule is COc1c(Cl)c(N)c(C)c(C(=O)O)c1OC. The van der Waals surface area contributed by atoms with Crippen molar-refractivity contribution in [2.24, 2.45) is 0 Å². The van der Waals surface area contributed by atoms with Gasteiger partial charge in [0.25, 0.3) is 0 Å². The minimum Gasteiger partial charge on any atom is -0.492 e. The lowest BCUT2D eigenvalue weighted by atomic mass is 10.0. The molecule has 0 fully saturated rings. The zero-order valence-corrected chi connectivity index (χ0v) is 9.88. The van der Waals surface area contributed by atoms with Crippen LogP contribution in [0.5, 0.6) is 11.5 Å². The molecule has 1 aromatic rings. The average molecular weight is 246 g/mol. The quantitative estimate of drug-likeness (QED) is 0.796. The highest BCUT2D eigenvalue weighted by Crippen LogP contribution is 2.44. The number of ether oxygens (including phenoxy) is 2. The number of hydrogen-bond donors (Lipinski definition) is 2. The highest BCUT2D eigenvalue weighted by molar-refractivity contribution is 6.35. The second-order valence-corrected chi connectivity index (χ2v) is 3.48. The van der Waals surface area contributed by atoms with Crippen LogP contribution in [0.2, 0.25) is 5.02 Å². The van der Waals surface area contributed by atoms with Gasteiger partial charge in [-0.2, -0.15) is 0 Å². The van der Waals surface area contributed by atoms with Crippen molar-refractivity contribution in [2.45, 2.75) is 6.92 Å². The van der Waals surface area contributed by atoms with Gasteiger partial charge in [0.05, 0.1) is 19.9 Å². The Kier molecular flexibility index (Phi) is 3.49. The first kappa shape index (κ1) is 12.4. The summed E-state index contributed by atoms with van der Waals surface area (Å²) in [4.78, 5) is 11.1. The van der Waals surface area contributed by atoms with E-state index in [0.717, 1.165) is 0 Å². The number of anilines is 1. The van der Waals surface area contributed by atoms with Gasteiger partial charge < -0.3 is 20.3 Å². The fourth-order valence-corrected chi connectivity index (χ4v) is 1.74. The van der Waals surface area contributed by atoms with E-state index in [1.165, 1.54) is 14.2 Å². The lowest BCUT2D eigenvalue weighted by Crippen LogP contribution is -2.08. The van der Waals surface area contributed by atoms with Crippen LogP contribution >= 0.6 is 11.6 Å². The second-order valence-electron chi connectivity index (χ2n) is 3.10. The van der Waals surface area contributed by atoms with Crippen LogP contribution in [-0.2, 0) is 0 Å². The molecule has 5 nitrogen and oxygen atoms in total. The normalized spacial score (nSPS) is 10.0. The number of aromatic carboxylic acids is 1. The molecule has 1 aromatic carbocycles. The summed E-state index contributed by atoms with van der Waals surface area (Å²) >= 11 is 5.94. The molecule has 88 valence electrons. The van der Waals surface area contributed by atoms with E-state index in [4.69, 9.17) is 31.9 Å². The van der Waals surface area contributed by atoms with Gasteiger partial charge >= 0.3 is 5.97 Å². The fraction of sp³-hybridized carbons (Fsp3) is 0.300. The van der Waals surface area contributed by atoms with Crippen molar-refractivity contribution in [3.05, 3.63) is 16.1 Å². The van der Waals surface area contributed by atoms with Crippen LogP contribution in [0.3, 0.4) is 0 Å². The first-order valence-corrected chi connectivity index (χ1v) is 4.76. The van der Waals surface area contributed by atoms with Crippen LogP contribution in [0.4, 0.5) is 5.69 Å². The molecule has 1 rings (SSSR count). The number of carboxylic acid groups (broad SMARTS) is 1. The average Bonchev–Trinajstić information content (AvgIpc) is 2.24. The zero-order chi connectivity index (χ0) is 12.5. The molecular formula is C10H12ClNO4. The number of carboxylic acids is 1. The number of rotatable bonds is 3. The van der Waals surface area contributed by atoms with Crippen LogP contribution in [-0.4, -0.2) is 25.3 Å². The predicted octanol–water partition coefficient (Wildman–Crippen LogP) is 1.95. The number of halogens is 1. The topological polar surface area (TPSA) is 81.8 Å². The minimum absolute atomic E-state index is 0.0405. The number of carbonyl (C=O) groups is 1. The second kappa shape index (κ2) is 4.49. The summed E-state index contributed by atoms with van der Waals surface area (Å²) in [5.74, 6) is -0.938. The summed E-state index contributed by atoms with van der Waals surface area (Å²) < 4.78 is 9.99. The van der Waals surface area contributed by atoms with Crippen molar-refractivity contribution in [1.82, 2.24) is 0 Å². The molecule has 0 aromatic heterocycles. The Bertz CT molecular complexity index is 445. The molecule has 0 radical (unpaired) electrons. The van der Waals surface area contributed by atoms with Crippen LogP contribution in [0.25, 0.3) is 0 Å². The highest BCUT2D eigenvalue weighted by atomic mass is 35.5. The molecule has 0 saturated heterocycles. The molecule has 6 heteroatoms. The highest BCUT2D eigenvalue weighted by Gasteiger charge is 2.25. The van der Waals surface area contributed by atoms with Gasteiger partial charge in [-0.3, -0.25) is 0 Å². The maximum absolute atomic E-state index is 11.1. The summed E-state index contributed by atoms with van der Waals surface area (Å²) in [5, 5.41) is 9.23. The van der Waals surface area contributed by atoms with Crippen molar-refractivity contribution < 1.29 is 19.4 Å². The molecule has 0 aliphatic heterocycles. The molecule has 0 heterocycles. The third-order valence-electron chi connectivity index (χ3n) is 2.27. The van der Waals surface area contributed by atoms with Crippen LogP contribution in [0.15, 0.2) is 0 Å². The molecule has 0 amide bonds. The number of hydrogen-bond acceptors (Lipinski definition) is 4. The van der Waals surface area contributed by atoms with Gasteiger partial charge in [-0.25, -0.2) is 4.79 Å². The van der Waals surface area contributed by atoms with Gasteiger partial charge in [0.2, 0.25) is 0 Å². The molecular weight excluding hydrogens is 234 g/mol. The molecule has 0 atom stereocenters. The standard InChI is InChI=1S/C10H12ClNO4/c1-4-5(10(13)14)8(15-2)9(16-3)6(11)7(4)12/h12H2,1-3H3,(H,13,14). The van der Waals surface area contributed by atoms with Crippen LogP contribution < -0.4 is 15.2 Å². The van der Waals surface area contributed by atoms with Gasteiger partial charge in [-0.1, -0.05) is 11.6 Å². The largest absolute Gasteiger partial charge is 0.492 e. The van der Waals surface area contributed by atoms with E-state index in [2.05, 4.69) is 0 Å². The van der Waals surface area contributed by atoms with E-state index in [1.54, 1.807) is 6.92 Å². The van der Waals surface area contributed by atoms with Crippen molar-refractivity contribution in [1.29, 1.82) is 0 Å². The zero-order valence-electron chi connectivity index (χ0n) is 9.13. The number of nitrogen functional groups attached to an aromatic ring is 1. The predicted molar refractivity (Wildman–Crippen MR) is 60.7 cm³/mol. The monoisotopic (exact) mass is 245 g/mol. The van der Waals surface area contributed by atoms with E-state index < -0.39 is 5.97 Å². The molecule has 0 bridgehead atoms. The molecule has 0 spiro atoms. The van der Waals surface area contributed by atoms with E-state index in [1.807, 2.05) is 0 Å². The van der Waals surface area contributed by atoms with Gasteiger partial charge in [0, 0.05) is 0 Å². The van der Waals surface area contributed by atoms with Crippen molar-refractivity contribution in [2.75, 3.05) is 20.0 Å². The third-order valence-corrected chi connectivity index (χ3v) is 2.65. The Morgan fingerprint density at radius 3 is 2.19 bits per heavy atom. The lowest BCUT2D eigenvalue weighted by Gasteiger charge is -2.16. The molecule has 0 unspecified atom stereocenters. The summed E-state index contributed by atoms with van der Waals surface area (Å²) in [6.07, 6.45) is 0. The van der Waals surface area contributed by atoms with Crippen molar-refractivity contribution >= 4 is 23.3 Å². The Labute approximate surface area is 97.7 Å². The van der Waals surface area contributed by atoms with Crippen molar-refractivity contribution in [3.63, 3.8) is 0 Å². The summed E-state index contributed by atoms with van der Waals surface area (Å²) in [5.41, 5.74) is 6.18. The molecule has 0 aliphatic rings. The third kappa shape index (κ3) is 1.74. The number of benzene rings is 1. The molecule has 0 aliphatic carbocycles. The molecule has 3 N–H and O–H groups in total. The van der Waals surface area contributed by atoms with Gasteiger partial charge in [0.1, 0.15) is 10.6 Å². The molecule has 16 heavy (non-hydrogen) atoms. The summed E-state index contributed by atoms with van der Waals surface area (Å²) in [7, 11) is 2.71. The minimum atomic E-state index is -1.14. The van der Waals surface area contributed by atoms with E-state index >= 15 is 0 Å². The first-order valence-electron chi connectivity index (χ1n) is 4.38. The lowest BCUT2D eigenvalue weighted by molar-refractivity contribution is 0.0692. The van der Waals surface area contributed by atoms with Crippen LogP contribution in [0, 0.1) is 6.92 Å². The Morgan fingerprint density at radius 1 is 1.31 bits per heavy atom. The van der Waals surface area contributed by atoms with Crippen LogP contribution in [0.1, 0.15) is 15.9 Å². The van der Waals surface area contributed by atoms with E-state index in [9.17, 15) is 4.79 Å². The Hall–Kier alpha value is -1.62. The Morgan fingerprint density at radius 2 is 1.81 bits per heavy atom. The van der Waals surface area contributed by atoms with Gasteiger partial charge in [-0.15, -0.1) is 0 Å². The summed E-state index contributed by atoms with van der Waals surface area (Å²) in [6.45, 7) is 1.56. The number of nitrogens with two attached hydrogens (primary N) is 1. The van der Waals surface area contributed by atoms with Crippen molar-refractivity contribution in [3.8, 4) is 11.5 Å². The van der Waals surface area contributed by atoms with E-state index in [-0.39, 0.29) is 27.8 Å². The van der Waals surface area contributed by atoms with Gasteiger partial charge in [-0.05, 0) is 12.5 Å². The maximum Gasteiger partial charge on any atom is 0.339 e. The smallest absolute Gasteiger partial charge is 0.339 e. The maximum atomic E-state index is 11.1. The number of methoxy groups -OCH3 is 2. The van der Waals surface area contributed by atoms with Gasteiger partial charge in [0.15, 0.2) is 11.5 Å². The van der Waals surface area contributed by atoms with E-state index in [0.29, 0.717) is 5.56 Å². The summed E-state index contributed by atoms with van der Waals surface area (Å²) in [6, 6.07) is 0. The fourth-order valence-electron chi connectivity index (χ4n) is 1.44. The Balaban J connectivity index is 3.72. The first-order chi connectivity index (χ1) is 7.45. The molecule has 0 saturated carbocycles.